The zero-order valence-corrected chi connectivity index (χ0v) is 11.8. The predicted molar refractivity (Wildman–Crippen MR) is 76.9 cm³/mol. The van der Waals surface area contributed by atoms with E-state index in [1.807, 2.05) is 23.6 Å². The minimum atomic E-state index is -0.399. The van der Waals surface area contributed by atoms with E-state index in [0.717, 1.165) is 10.6 Å². The molecule has 3 N–H and O–H groups in total. The standard InChI is InChI=1S/C14H17N3OS/c1-14(2,13-16-7-8-19-13)17-9-10-5-3-4-6-11(10)12(15)18/h3-8,17H,9H2,1-2H3,(H2,15,18). The summed E-state index contributed by atoms with van der Waals surface area (Å²) in [6.07, 6.45) is 1.79. The van der Waals surface area contributed by atoms with Crippen molar-refractivity contribution in [2.75, 3.05) is 0 Å². The molecule has 1 aromatic heterocycles. The molecule has 0 unspecified atom stereocenters. The fourth-order valence-electron chi connectivity index (χ4n) is 1.84. The first-order valence-electron chi connectivity index (χ1n) is 6.03. The molecule has 2 aromatic rings. The summed E-state index contributed by atoms with van der Waals surface area (Å²) in [6.45, 7) is 4.71. The predicted octanol–water partition coefficient (Wildman–Crippen LogP) is 2.27. The average Bonchev–Trinajstić information content (AvgIpc) is 2.91. The molecule has 0 aliphatic heterocycles. The lowest BCUT2D eigenvalue weighted by atomic mass is 10.0. The lowest BCUT2D eigenvalue weighted by Crippen LogP contribution is -2.36. The maximum atomic E-state index is 11.4. The molecular formula is C14H17N3OS. The summed E-state index contributed by atoms with van der Waals surface area (Å²) in [4.78, 5) is 15.7. The van der Waals surface area contributed by atoms with E-state index in [-0.39, 0.29) is 5.54 Å². The van der Waals surface area contributed by atoms with Crippen LogP contribution in [0.15, 0.2) is 35.8 Å². The van der Waals surface area contributed by atoms with Gasteiger partial charge in [-0.3, -0.25) is 4.79 Å². The number of hydrogen-bond acceptors (Lipinski definition) is 4. The van der Waals surface area contributed by atoms with E-state index in [9.17, 15) is 4.79 Å². The molecule has 0 aliphatic carbocycles. The summed E-state index contributed by atoms with van der Waals surface area (Å²) < 4.78 is 0. The van der Waals surface area contributed by atoms with E-state index in [0.29, 0.717) is 12.1 Å². The monoisotopic (exact) mass is 275 g/mol. The number of amides is 1. The molecule has 1 heterocycles. The molecule has 100 valence electrons. The Morgan fingerprint density at radius 1 is 1.42 bits per heavy atom. The summed E-state index contributed by atoms with van der Waals surface area (Å²) in [6, 6.07) is 7.37. The molecule has 4 nitrogen and oxygen atoms in total. The molecule has 0 saturated carbocycles. The second-order valence-electron chi connectivity index (χ2n) is 4.84. The van der Waals surface area contributed by atoms with Crippen molar-refractivity contribution in [1.29, 1.82) is 0 Å². The van der Waals surface area contributed by atoms with Crippen LogP contribution >= 0.6 is 11.3 Å². The molecular weight excluding hydrogens is 258 g/mol. The van der Waals surface area contributed by atoms with Gasteiger partial charge in [0.05, 0.1) is 5.54 Å². The van der Waals surface area contributed by atoms with Crippen molar-refractivity contribution < 1.29 is 4.79 Å². The molecule has 1 aromatic carbocycles. The van der Waals surface area contributed by atoms with Crippen LogP contribution in [0.3, 0.4) is 0 Å². The van der Waals surface area contributed by atoms with Gasteiger partial charge in [-0.2, -0.15) is 0 Å². The Bertz CT molecular complexity index is 564. The number of carbonyl (C=O) groups is 1. The van der Waals surface area contributed by atoms with Gasteiger partial charge in [-0.05, 0) is 25.5 Å². The molecule has 0 fully saturated rings. The van der Waals surface area contributed by atoms with Crippen LogP contribution in [0.1, 0.15) is 34.8 Å². The first kappa shape index (κ1) is 13.7. The van der Waals surface area contributed by atoms with Crippen LogP contribution in [-0.2, 0) is 12.1 Å². The van der Waals surface area contributed by atoms with E-state index >= 15 is 0 Å². The molecule has 0 spiro atoms. The molecule has 5 heteroatoms. The van der Waals surface area contributed by atoms with Gasteiger partial charge in [0.2, 0.25) is 5.91 Å². The Morgan fingerprint density at radius 3 is 2.79 bits per heavy atom. The summed E-state index contributed by atoms with van der Waals surface area (Å²) in [5, 5.41) is 6.39. The minimum Gasteiger partial charge on any atom is -0.366 e. The molecule has 1 amide bonds. The zero-order valence-electron chi connectivity index (χ0n) is 11.0. The van der Waals surface area contributed by atoms with Crippen LogP contribution in [0.4, 0.5) is 0 Å². The van der Waals surface area contributed by atoms with Gasteiger partial charge in [-0.1, -0.05) is 18.2 Å². The second kappa shape index (κ2) is 5.50. The van der Waals surface area contributed by atoms with Crippen molar-refractivity contribution >= 4 is 17.2 Å². The van der Waals surface area contributed by atoms with Crippen LogP contribution in [0.2, 0.25) is 0 Å². The third-order valence-electron chi connectivity index (χ3n) is 2.97. The van der Waals surface area contributed by atoms with Gasteiger partial charge < -0.3 is 11.1 Å². The number of aromatic nitrogens is 1. The topological polar surface area (TPSA) is 68.0 Å². The van der Waals surface area contributed by atoms with Gasteiger partial charge in [0.25, 0.3) is 0 Å². The highest BCUT2D eigenvalue weighted by molar-refractivity contribution is 7.09. The fraction of sp³-hybridized carbons (Fsp3) is 0.286. The van der Waals surface area contributed by atoms with Crippen LogP contribution in [0.5, 0.6) is 0 Å². The number of rotatable bonds is 5. The highest BCUT2D eigenvalue weighted by Gasteiger charge is 2.22. The SMILES string of the molecule is CC(C)(NCc1ccccc1C(N)=O)c1nccs1. The lowest BCUT2D eigenvalue weighted by molar-refractivity contribution is 0.0999. The van der Waals surface area contributed by atoms with Gasteiger partial charge in [0.1, 0.15) is 5.01 Å². The number of thiazole rings is 1. The maximum absolute atomic E-state index is 11.4. The summed E-state index contributed by atoms with van der Waals surface area (Å²) >= 11 is 1.61. The third-order valence-corrected chi connectivity index (χ3v) is 4.07. The van der Waals surface area contributed by atoms with Crippen LogP contribution < -0.4 is 11.1 Å². The highest BCUT2D eigenvalue weighted by Crippen LogP contribution is 2.22. The van der Waals surface area contributed by atoms with Gasteiger partial charge in [0, 0.05) is 23.7 Å². The van der Waals surface area contributed by atoms with Crippen LogP contribution in [0, 0.1) is 0 Å². The number of nitrogens with one attached hydrogen (secondary N) is 1. The molecule has 19 heavy (non-hydrogen) atoms. The summed E-state index contributed by atoms with van der Waals surface area (Å²) in [7, 11) is 0. The molecule has 0 radical (unpaired) electrons. The van der Waals surface area contributed by atoms with Crippen molar-refractivity contribution in [1.82, 2.24) is 10.3 Å². The van der Waals surface area contributed by atoms with Gasteiger partial charge in [-0.25, -0.2) is 4.98 Å². The number of nitrogens with zero attached hydrogens (tertiary/aromatic N) is 1. The van der Waals surface area contributed by atoms with E-state index in [4.69, 9.17) is 5.73 Å². The van der Waals surface area contributed by atoms with E-state index < -0.39 is 5.91 Å². The van der Waals surface area contributed by atoms with Crippen molar-refractivity contribution in [3.8, 4) is 0 Å². The second-order valence-corrected chi connectivity index (χ2v) is 5.73. The number of nitrogens with two attached hydrogens (primary N) is 1. The molecule has 0 bridgehead atoms. The fourth-order valence-corrected chi connectivity index (χ4v) is 2.58. The first-order chi connectivity index (χ1) is 9.00. The van der Waals surface area contributed by atoms with E-state index in [2.05, 4.69) is 24.1 Å². The lowest BCUT2D eigenvalue weighted by Gasteiger charge is -2.24. The smallest absolute Gasteiger partial charge is 0.249 e. The van der Waals surface area contributed by atoms with Crippen molar-refractivity contribution in [3.63, 3.8) is 0 Å². The Kier molecular flexibility index (Phi) is 3.97. The van der Waals surface area contributed by atoms with Crippen LogP contribution in [0.25, 0.3) is 0 Å². The number of carbonyl (C=O) groups excluding carboxylic acids is 1. The Morgan fingerprint density at radius 2 is 2.16 bits per heavy atom. The number of hydrogen-bond donors (Lipinski definition) is 2. The van der Waals surface area contributed by atoms with E-state index in [1.54, 1.807) is 23.6 Å². The molecule has 2 rings (SSSR count). The largest absolute Gasteiger partial charge is 0.366 e. The van der Waals surface area contributed by atoms with Gasteiger partial charge in [-0.15, -0.1) is 11.3 Å². The summed E-state index contributed by atoms with van der Waals surface area (Å²) in [5.41, 5.74) is 6.60. The van der Waals surface area contributed by atoms with Crippen molar-refractivity contribution in [2.24, 2.45) is 5.73 Å². The molecule has 0 aliphatic rings. The number of benzene rings is 1. The summed E-state index contributed by atoms with van der Waals surface area (Å²) in [5.74, 6) is -0.399. The average molecular weight is 275 g/mol. The third kappa shape index (κ3) is 3.19. The van der Waals surface area contributed by atoms with Crippen molar-refractivity contribution in [2.45, 2.75) is 25.9 Å². The van der Waals surface area contributed by atoms with Gasteiger partial charge >= 0.3 is 0 Å². The minimum absolute atomic E-state index is 0.237. The quantitative estimate of drug-likeness (QED) is 0.879. The zero-order chi connectivity index (χ0) is 13.9. The Hall–Kier alpha value is -1.72. The Balaban J connectivity index is 2.13. The van der Waals surface area contributed by atoms with Crippen LogP contribution in [-0.4, -0.2) is 10.9 Å². The maximum Gasteiger partial charge on any atom is 0.249 e. The van der Waals surface area contributed by atoms with Gasteiger partial charge in [0.15, 0.2) is 0 Å². The van der Waals surface area contributed by atoms with Crippen molar-refractivity contribution in [3.05, 3.63) is 52.0 Å². The van der Waals surface area contributed by atoms with E-state index in [1.165, 1.54) is 0 Å². The number of primary amides is 1. The molecule has 0 atom stereocenters. The first-order valence-corrected chi connectivity index (χ1v) is 6.91. The highest BCUT2D eigenvalue weighted by atomic mass is 32.1. The Labute approximate surface area is 116 Å². The normalized spacial score (nSPS) is 11.5. The molecule has 0 saturated heterocycles.